The molecule has 0 unspecified atom stereocenters. The molecule has 2 atom stereocenters. The Morgan fingerprint density at radius 1 is 1.20 bits per heavy atom. The summed E-state index contributed by atoms with van der Waals surface area (Å²) in [6.07, 6.45) is 3.96. The van der Waals surface area contributed by atoms with Crippen molar-refractivity contribution in [3.05, 3.63) is 29.8 Å². The predicted octanol–water partition coefficient (Wildman–Crippen LogP) is 1.74. The van der Waals surface area contributed by atoms with Gasteiger partial charge in [-0.3, -0.25) is 14.9 Å². The van der Waals surface area contributed by atoms with Crippen LogP contribution in [0.1, 0.15) is 43.7 Å². The first-order valence-corrected chi connectivity index (χ1v) is 8.63. The van der Waals surface area contributed by atoms with Crippen LogP contribution in [0.25, 0.3) is 0 Å². The molecule has 25 heavy (non-hydrogen) atoms. The van der Waals surface area contributed by atoms with Gasteiger partial charge >= 0.3 is 6.03 Å². The van der Waals surface area contributed by atoms with Crippen molar-refractivity contribution in [2.24, 2.45) is 0 Å². The molecule has 3 rings (SSSR count). The minimum atomic E-state index is -0.778. The fourth-order valence-electron chi connectivity index (χ4n) is 3.47. The summed E-state index contributed by atoms with van der Waals surface area (Å²) in [5.74, 6) is 0.236. The van der Waals surface area contributed by atoms with Gasteiger partial charge < -0.3 is 15.0 Å². The maximum absolute atomic E-state index is 12.8. The van der Waals surface area contributed by atoms with Gasteiger partial charge in [0, 0.05) is 6.54 Å². The van der Waals surface area contributed by atoms with Gasteiger partial charge in [0.15, 0.2) is 0 Å². The molecule has 134 valence electrons. The van der Waals surface area contributed by atoms with Crippen LogP contribution in [0.2, 0.25) is 0 Å². The molecule has 2 heterocycles. The second-order valence-corrected chi connectivity index (χ2v) is 6.44. The molecule has 2 saturated heterocycles. The van der Waals surface area contributed by atoms with Crippen LogP contribution in [-0.2, 0) is 9.59 Å². The van der Waals surface area contributed by atoms with E-state index in [-0.39, 0.29) is 18.4 Å². The maximum Gasteiger partial charge on any atom is 0.322 e. The van der Waals surface area contributed by atoms with Gasteiger partial charge in [0.2, 0.25) is 5.91 Å². The highest BCUT2D eigenvalue weighted by molar-refractivity contribution is 6.05. The molecule has 7 nitrogen and oxygen atoms in total. The SMILES string of the molecule is COc1ccc([C@@H]2CCCCCN2C(=O)C[C@@H]2NC(=O)NC2=O)cc1. The number of rotatable bonds is 4. The van der Waals surface area contributed by atoms with Gasteiger partial charge in [0.25, 0.3) is 5.91 Å². The first kappa shape index (κ1) is 17.3. The molecule has 2 aliphatic heterocycles. The lowest BCUT2D eigenvalue weighted by molar-refractivity contribution is -0.136. The molecule has 1 aromatic rings. The highest BCUT2D eigenvalue weighted by Crippen LogP contribution is 2.31. The summed E-state index contributed by atoms with van der Waals surface area (Å²) in [4.78, 5) is 37.6. The molecule has 0 radical (unpaired) electrons. The van der Waals surface area contributed by atoms with Crippen molar-refractivity contribution < 1.29 is 19.1 Å². The first-order chi connectivity index (χ1) is 12.1. The number of benzene rings is 1. The van der Waals surface area contributed by atoms with E-state index in [4.69, 9.17) is 4.74 Å². The van der Waals surface area contributed by atoms with Gasteiger partial charge in [0.05, 0.1) is 19.6 Å². The van der Waals surface area contributed by atoms with Gasteiger partial charge in [-0.2, -0.15) is 0 Å². The Labute approximate surface area is 146 Å². The normalized spacial score (nSPS) is 23.6. The van der Waals surface area contributed by atoms with E-state index in [0.717, 1.165) is 37.0 Å². The summed E-state index contributed by atoms with van der Waals surface area (Å²) in [5, 5.41) is 4.66. The zero-order valence-electron chi connectivity index (χ0n) is 14.3. The summed E-state index contributed by atoms with van der Waals surface area (Å²) in [7, 11) is 1.62. The number of carbonyl (C=O) groups is 3. The summed E-state index contributed by atoms with van der Waals surface area (Å²) < 4.78 is 5.20. The highest BCUT2D eigenvalue weighted by Gasteiger charge is 2.34. The first-order valence-electron chi connectivity index (χ1n) is 8.63. The number of likely N-dealkylation sites (tertiary alicyclic amines) is 1. The molecule has 4 amide bonds. The lowest BCUT2D eigenvalue weighted by atomic mass is 10.00. The van der Waals surface area contributed by atoms with Crippen LogP contribution in [0.5, 0.6) is 5.75 Å². The van der Waals surface area contributed by atoms with Crippen molar-refractivity contribution in [3.63, 3.8) is 0 Å². The van der Waals surface area contributed by atoms with E-state index in [1.807, 2.05) is 29.2 Å². The molecule has 1 aromatic carbocycles. The van der Waals surface area contributed by atoms with Gasteiger partial charge in [-0.1, -0.05) is 25.0 Å². The number of amides is 4. The molecule has 2 N–H and O–H groups in total. The molecule has 2 aliphatic rings. The zero-order chi connectivity index (χ0) is 17.8. The largest absolute Gasteiger partial charge is 0.497 e. The highest BCUT2D eigenvalue weighted by atomic mass is 16.5. The summed E-state index contributed by atoms with van der Waals surface area (Å²) >= 11 is 0. The lowest BCUT2D eigenvalue weighted by Gasteiger charge is -2.31. The molecule has 0 bridgehead atoms. The third kappa shape index (κ3) is 3.92. The molecule has 0 aromatic heterocycles. The molecule has 0 aliphatic carbocycles. The van der Waals surface area contributed by atoms with E-state index < -0.39 is 18.0 Å². The number of hydrogen-bond acceptors (Lipinski definition) is 4. The Kier molecular flexibility index (Phi) is 5.21. The quantitative estimate of drug-likeness (QED) is 0.814. The van der Waals surface area contributed by atoms with E-state index in [9.17, 15) is 14.4 Å². The predicted molar refractivity (Wildman–Crippen MR) is 91.0 cm³/mol. The number of carbonyl (C=O) groups excluding carboxylic acids is 3. The molecule has 0 saturated carbocycles. The van der Waals surface area contributed by atoms with Gasteiger partial charge in [-0.25, -0.2) is 4.79 Å². The van der Waals surface area contributed by atoms with Crippen LogP contribution >= 0.6 is 0 Å². The van der Waals surface area contributed by atoms with Crippen molar-refractivity contribution in [1.29, 1.82) is 0 Å². The van der Waals surface area contributed by atoms with E-state index in [1.165, 1.54) is 0 Å². The number of ether oxygens (including phenoxy) is 1. The van der Waals surface area contributed by atoms with Gasteiger partial charge in [-0.15, -0.1) is 0 Å². The van der Waals surface area contributed by atoms with Crippen LogP contribution < -0.4 is 15.4 Å². The van der Waals surface area contributed by atoms with Crippen molar-refractivity contribution in [2.75, 3.05) is 13.7 Å². The monoisotopic (exact) mass is 345 g/mol. The van der Waals surface area contributed by atoms with Crippen LogP contribution in [0.4, 0.5) is 4.79 Å². The number of nitrogens with one attached hydrogen (secondary N) is 2. The molecule has 7 heteroatoms. The standard InChI is InChI=1S/C18H23N3O4/c1-25-13-8-6-12(7-9-13)15-5-3-2-4-10-21(15)16(22)11-14-17(23)20-18(24)19-14/h6-9,14-15H,2-5,10-11H2,1H3,(H2,19,20,23,24)/t14-,15-/m0/s1. The van der Waals surface area contributed by atoms with Crippen molar-refractivity contribution in [2.45, 2.75) is 44.2 Å². The molecule has 0 spiro atoms. The zero-order valence-corrected chi connectivity index (χ0v) is 14.3. The van der Waals surface area contributed by atoms with Crippen molar-refractivity contribution in [1.82, 2.24) is 15.5 Å². The average Bonchev–Trinajstić information content (AvgIpc) is 2.80. The molecular weight excluding hydrogens is 322 g/mol. The Balaban J connectivity index is 1.76. The van der Waals surface area contributed by atoms with Gasteiger partial charge in [0.1, 0.15) is 11.8 Å². The van der Waals surface area contributed by atoms with Crippen LogP contribution in [0, 0.1) is 0 Å². The van der Waals surface area contributed by atoms with Gasteiger partial charge in [-0.05, 0) is 30.5 Å². The Bertz CT molecular complexity index is 659. The number of hydrogen-bond donors (Lipinski definition) is 2. The summed E-state index contributed by atoms with van der Waals surface area (Å²) in [5.41, 5.74) is 1.07. The fourth-order valence-corrected chi connectivity index (χ4v) is 3.47. The van der Waals surface area contributed by atoms with Crippen molar-refractivity contribution >= 4 is 17.8 Å². The number of methoxy groups -OCH3 is 1. The topological polar surface area (TPSA) is 87.7 Å². The third-order valence-electron chi connectivity index (χ3n) is 4.81. The Hall–Kier alpha value is -2.57. The van der Waals surface area contributed by atoms with Crippen LogP contribution in [-0.4, -0.2) is 42.4 Å². The van der Waals surface area contributed by atoms with Crippen LogP contribution in [0.15, 0.2) is 24.3 Å². The van der Waals surface area contributed by atoms with E-state index in [1.54, 1.807) is 7.11 Å². The van der Waals surface area contributed by atoms with E-state index in [0.29, 0.717) is 6.54 Å². The number of imide groups is 1. The lowest BCUT2D eigenvalue weighted by Crippen LogP contribution is -2.40. The third-order valence-corrected chi connectivity index (χ3v) is 4.81. The van der Waals surface area contributed by atoms with Crippen LogP contribution in [0.3, 0.4) is 0 Å². The Morgan fingerprint density at radius 2 is 1.96 bits per heavy atom. The average molecular weight is 345 g/mol. The fraction of sp³-hybridized carbons (Fsp3) is 0.500. The second-order valence-electron chi connectivity index (χ2n) is 6.44. The molecule has 2 fully saturated rings. The molecular formula is C18H23N3O4. The Morgan fingerprint density at radius 3 is 2.60 bits per heavy atom. The minimum Gasteiger partial charge on any atom is -0.497 e. The van der Waals surface area contributed by atoms with Crippen molar-refractivity contribution in [3.8, 4) is 5.75 Å². The minimum absolute atomic E-state index is 0.00969. The number of urea groups is 1. The maximum atomic E-state index is 12.8. The number of nitrogens with zero attached hydrogens (tertiary/aromatic N) is 1. The van der Waals surface area contributed by atoms with E-state index in [2.05, 4.69) is 10.6 Å². The second kappa shape index (κ2) is 7.55. The summed E-state index contributed by atoms with van der Waals surface area (Å²) in [6, 6.07) is 6.44. The summed E-state index contributed by atoms with van der Waals surface area (Å²) in [6.45, 7) is 0.664. The van der Waals surface area contributed by atoms with E-state index >= 15 is 0 Å². The smallest absolute Gasteiger partial charge is 0.322 e.